The molecule has 0 N–H and O–H groups in total. The first-order valence-electron chi connectivity index (χ1n) is 10.0. The van der Waals surface area contributed by atoms with Crippen LogP contribution in [0.15, 0.2) is 46.8 Å². The molecule has 0 bridgehead atoms. The van der Waals surface area contributed by atoms with Crippen LogP contribution in [0.4, 0.5) is 5.69 Å². The summed E-state index contributed by atoms with van der Waals surface area (Å²) in [5.41, 5.74) is 1.09. The van der Waals surface area contributed by atoms with Crippen molar-refractivity contribution in [3.05, 3.63) is 62.5 Å². The number of nitrogens with zero attached hydrogens (tertiary/aromatic N) is 2. The van der Waals surface area contributed by atoms with Gasteiger partial charge in [-0.2, -0.15) is 0 Å². The highest BCUT2D eigenvalue weighted by atomic mass is 16.7. The van der Waals surface area contributed by atoms with E-state index in [1.54, 1.807) is 31.7 Å². The third kappa shape index (κ3) is 5.55. The van der Waals surface area contributed by atoms with E-state index in [-0.39, 0.29) is 30.0 Å². The molecule has 0 spiro atoms. The van der Waals surface area contributed by atoms with Crippen molar-refractivity contribution in [3.8, 4) is 0 Å². The fourth-order valence-corrected chi connectivity index (χ4v) is 3.55. The van der Waals surface area contributed by atoms with Gasteiger partial charge in [0.2, 0.25) is 6.79 Å². The molecule has 0 amide bonds. The summed E-state index contributed by atoms with van der Waals surface area (Å²) in [4.78, 5) is 49.7. The van der Waals surface area contributed by atoms with Gasteiger partial charge in [0.05, 0.1) is 29.1 Å². The third-order valence-electron chi connectivity index (χ3n) is 5.16. The number of rotatable bonds is 9. The lowest BCUT2D eigenvalue weighted by molar-refractivity contribution is -0.384. The number of carbonyl (C=O) groups is 3. The van der Waals surface area contributed by atoms with E-state index in [0.717, 1.165) is 0 Å². The van der Waals surface area contributed by atoms with Crippen LogP contribution in [0.2, 0.25) is 0 Å². The largest absolute Gasteiger partial charge is 0.466 e. The Kier molecular flexibility index (Phi) is 8.69. The molecule has 0 aromatic heterocycles. The summed E-state index contributed by atoms with van der Waals surface area (Å²) in [6.45, 7) is 4.28. The Labute approximate surface area is 190 Å². The van der Waals surface area contributed by atoms with E-state index in [2.05, 4.69) is 0 Å². The summed E-state index contributed by atoms with van der Waals surface area (Å²) in [6.07, 6.45) is 0.103. The highest BCUT2D eigenvalue weighted by Gasteiger charge is 2.41. The van der Waals surface area contributed by atoms with Gasteiger partial charge >= 0.3 is 17.9 Å². The Morgan fingerprint density at radius 2 is 1.70 bits per heavy atom. The van der Waals surface area contributed by atoms with Crippen LogP contribution in [0.1, 0.15) is 38.7 Å². The molecule has 1 aromatic carbocycles. The standard InChI is InChI=1S/C22H26N2O9/c1-6-17(25)32-12-33-22(27)19-14(3)23(11-30-4)13(2)18(21(26)31-5)20(19)15-8-7-9-16(10-15)24(28)29/h7-10,20H,6,11-12H2,1-5H3/t20-/m0/s1. The molecular formula is C22H26N2O9. The molecule has 0 unspecified atom stereocenters. The van der Waals surface area contributed by atoms with Crippen molar-refractivity contribution in [2.75, 3.05) is 27.7 Å². The van der Waals surface area contributed by atoms with Crippen LogP contribution >= 0.6 is 0 Å². The molecule has 0 saturated heterocycles. The van der Waals surface area contributed by atoms with E-state index < -0.39 is 35.5 Å². The van der Waals surface area contributed by atoms with Crippen LogP contribution in [0, 0.1) is 10.1 Å². The topological polar surface area (TPSA) is 135 Å². The number of benzene rings is 1. The Hall–Kier alpha value is -3.73. The molecule has 1 heterocycles. The first-order valence-corrected chi connectivity index (χ1v) is 10.0. The van der Waals surface area contributed by atoms with Gasteiger partial charge in [0.25, 0.3) is 5.69 Å². The minimum Gasteiger partial charge on any atom is -0.466 e. The number of hydrogen-bond acceptors (Lipinski definition) is 10. The zero-order valence-corrected chi connectivity index (χ0v) is 19.1. The number of methoxy groups -OCH3 is 2. The lowest BCUT2D eigenvalue weighted by Crippen LogP contribution is -2.36. The summed E-state index contributed by atoms with van der Waals surface area (Å²) >= 11 is 0. The molecule has 1 aliphatic heterocycles. The van der Waals surface area contributed by atoms with Gasteiger partial charge in [-0.25, -0.2) is 9.59 Å². The average molecular weight is 462 g/mol. The molecule has 0 radical (unpaired) electrons. The second-order valence-electron chi connectivity index (χ2n) is 7.04. The van der Waals surface area contributed by atoms with E-state index in [1.165, 1.54) is 32.4 Å². The quantitative estimate of drug-likeness (QED) is 0.233. The summed E-state index contributed by atoms with van der Waals surface area (Å²) in [5.74, 6) is -3.16. The second kappa shape index (κ2) is 11.2. The van der Waals surface area contributed by atoms with Gasteiger partial charge in [-0.3, -0.25) is 14.9 Å². The minimum absolute atomic E-state index is 0.0153. The van der Waals surface area contributed by atoms with Crippen LogP contribution in [0.5, 0.6) is 0 Å². The van der Waals surface area contributed by atoms with Gasteiger partial charge in [0.1, 0.15) is 6.73 Å². The van der Waals surface area contributed by atoms with Crippen LogP contribution < -0.4 is 0 Å². The highest BCUT2D eigenvalue weighted by molar-refractivity contribution is 5.99. The number of ether oxygens (including phenoxy) is 4. The molecule has 0 saturated carbocycles. The van der Waals surface area contributed by atoms with Crippen LogP contribution in [-0.4, -0.2) is 55.5 Å². The molecule has 0 aliphatic carbocycles. The Bertz CT molecular complexity index is 1010. The minimum atomic E-state index is -1.03. The molecule has 11 nitrogen and oxygen atoms in total. The van der Waals surface area contributed by atoms with Crippen LogP contribution in [0.25, 0.3) is 0 Å². The van der Waals surface area contributed by atoms with Gasteiger partial charge in [0, 0.05) is 37.1 Å². The predicted molar refractivity (Wildman–Crippen MR) is 114 cm³/mol. The average Bonchev–Trinajstić information content (AvgIpc) is 2.80. The number of non-ortho nitro benzene ring substituents is 1. The number of carbonyl (C=O) groups excluding carboxylic acids is 3. The number of nitro benzene ring substituents is 1. The van der Waals surface area contributed by atoms with Crippen LogP contribution in [0.3, 0.4) is 0 Å². The van der Waals surface area contributed by atoms with Crippen molar-refractivity contribution < 1.29 is 38.3 Å². The summed E-state index contributed by atoms with van der Waals surface area (Å²) in [7, 11) is 2.65. The summed E-state index contributed by atoms with van der Waals surface area (Å²) in [6, 6.07) is 5.61. The molecular weight excluding hydrogens is 436 g/mol. The molecule has 2 rings (SSSR count). The van der Waals surface area contributed by atoms with Crippen molar-refractivity contribution >= 4 is 23.6 Å². The Morgan fingerprint density at radius 1 is 1.06 bits per heavy atom. The van der Waals surface area contributed by atoms with Crippen molar-refractivity contribution in [1.82, 2.24) is 4.90 Å². The molecule has 11 heteroatoms. The fourth-order valence-electron chi connectivity index (χ4n) is 3.55. The summed E-state index contributed by atoms with van der Waals surface area (Å²) in [5, 5.41) is 11.3. The number of allylic oxidation sites excluding steroid dienone is 2. The predicted octanol–water partition coefficient (Wildman–Crippen LogP) is 2.77. The first kappa shape index (κ1) is 25.5. The monoisotopic (exact) mass is 462 g/mol. The fraction of sp³-hybridized carbons (Fsp3) is 0.409. The maximum atomic E-state index is 13.1. The Morgan fingerprint density at radius 3 is 2.24 bits per heavy atom. The number of nitro groups is 1. The zero-order valence-electron chi connectivity index (χ0n) is 19.1. The van der Waals surface area contributed by atoms with E-state index in [9.17, 15) is 24.5 Å². The van der Waals surface area contributed by atoms with Crippen molar-refractivity contribution in [2.24, 2.45) is 0 Å². The maximum Gasteiger partial charge on any atom is 0.339 e. The van der Waals surface area contributed by atoms with Crippen molar-refractivity contribution in [3.63, 3.8) is 0 Å². The zero-order chi connectivity index (χ0) is 24.7. The lowest BCUT2D eigenvalue weighted by atomic mass is 9.79. The van der Waals surface area contributed by atoms with Gasteiger partial charge in [-0.05, 0) is 19.4 Å². The number of hydrogen-bond donors (Lipinski definition) is 0. The normalized spacial score (nSPS) is 15.9. The van der Waals surface area contributed by atoms with E-state index in [0.29, 0.717) is 17.0 Å². The SMILES string of the molecule is CCC(=O)OCOC(=O)C1=C(C)N(COC)C(C)=C(C(=O)OC)[C@@H]1c1cccc([N+](=O)[O-])c1. The molecule has 178 valence electrons. The van der Waals surface area contributed by atoms with Crippen molar-refractivity contribution in [2.45, 2.75) is 33.1 Å². The van der Waals surface area contributed by atoms with Crippen molar-refractivity contribution in [1.29, 1.82) is 0 Å². The maximum absolute atomic E-state index is 13.1. The molecule has 0 fully saturated rings. The van der Waals surface area contributed by atoms with E-state index in [4.69, 9.17) is 18.9 Å². The van der Waals surface area contributed by atoms with Gasteiger partial charge < -0.3 is 23.8 Å². The van der Waals surface area contributed by atoms with Gasteiger partial charge in [-0.1, -0.05) is 19.1 Å². The third-order valence-corrected chi connectivity index (χ3v) is 5.16. The van der Waals surface area contributed by atoms with E-state index >= 15 is 0 Å². The molecule has 1 aliphatic rings. The first-order chi connectivity index (χ1) is 15.7. The molecule has 1 atom stereocenters. The molecule has 1 aromatic rings. The van der Waals surface area contributed by atoms with Crippen LogP contribution in [-0.2, 0) is 33.3 Å². The second-order valence-corrected chi connectivity index (χ2v) is 7.04. The van der Waals surface area contributed by atoms with E-state index in [1.807, 2.05) is 0 Å². The molecule has 33 heavy (non-hydrogen) atoms. The van der Waals surface area contributed by atoms with Gasteiger partial charge in [0.15, 0.2) is 0 Å². The number of esters is 3. The van der Waals surface area contributed by atoms with Gasteiger partial charge in [-0.15, -0.1) is 0 Å². The lowest BCUT2D eigenvalue weighted by Gasteiger charge is -2.37. The highest BCUT2D eigenvalue weighted by Crippen LogP contribution is 2.43. The summed E-state index contributed by atoms with van der Waals surface area (Å²) < 4.78 is 20.2. The Balaban J connectivity index is 2.66. The smallest absolute Gasteiger partial charge is 0.339 e.